The first-order valence-electron chi connectivity index (χ1n) is 10.2. The number of carbonyl (C=O) groups excluding carboxylic acids is 2. The number of hydrogen-bond acceptors (Lipinski definition) is 4. The summed E-state index contributed by atoms with van der Waals surface area (Å²) in [5.41, 5.74) is -0.173. The number of urea groups is 1. The number of nitrogens with one attached hydrogen (secondary N) is 1. The highest BCUT2D eigenvalue weighted by Crippen LogP contribution is 2.36. The summed E-state index contributed by atoms with van der Waals surface area (Å²) >= 11 is 0. The Morgan fingerprint density at radius 2 is 1.73 bits per heavy atom. The molecule has 33 heavy (non-hydrogen) atoms. The molecular formula is C23H21F2N3O5. The molecule has 0 spiro atoms. The molecule has 10 heteroatoms. The Labute approximate surface area is 188 Å². The van der Waals surface area contributed by atoms with Crippen LogP contribution in [0.5, 0.6) is 0 Å². The molecule has 2 aliphatic heterocycles. The molecule has 0 aliphatic carbocycles. The standard InChI is InChI=1S/C23H21F2N3O5/c1-13-18(21(29)27-8-10-33-11-9-27)20(19-16(24)6-3-7-17(19)25)26-23(32)28(13)15-5-2-4-14(12-15)22(30)31/h2-7,12,20H,8-11H2,1H3,(H,26,32)(H,30,31)/t20-/m1/s1. The Hall–Kier alpha value is -3.79. The van der Waals surface area contributed by atoms with Crippen LogP contribution in [0.1, 0.15) is 28.9 Å². The maximum absolute atomic E-state index is 14.7. The van der Waals surface area contributed by atoms with E-state index in [1.54, 1.807) is 0 Å². The number of anilines is 1. The van der Waals surface area contributed by atoms with E-state index in [-0.39, 0.29) is 35.6 Å². The van der Waals surface area contributed by atoms with Crippen LogP contribution in [0, 0.1) is 11.6 Å². The molecule has 2 N–H and O–H groups in total. The van der Waals surface area contributed by atoms with Crippen LogP contribution in [-0.4, -0.2) is 54.2 Å². The molecule has 0 radical (unpaired) electrons. The molecule has 8 nitrogen and oxygen atoms in total. The fourth-order valence-electron chi connectivity index (χ4n) is 4.05. The SMILES string of the molecule is CC1=C(C(=O)N2CCOCC2)[C@H](c2c(F)cccc2F)NC(=O)N1c1cccc(C(=O)O)c1. The zero-order chi connectivity index (χ0) is 23.7. The van der Waals surface area contributed by atoms with Crippen molar-refractivity contribution in [2.24, 2.45) is 0 Å². The molecular weight excluding hydrogens is 436 g/mol. The summed E-state index contributed by atoms with van der Waals surface area (Å²) in [5.74, 6) is -3.49. The minimum Gasteiger partial charge on any atom is -0.478 e. The monoisotopic (exact) mass is 457 g/mol. The van der Waals surface area contributed by atoms with Crippen molar-refractivity contribution in [3.63, 3.8) is 0 Å². The Balaban J connectivity index is 1.88. The molecule has 4 rings (SSSR count). The largest absolute Gasteiger partial charge is 0.478 e. The molecule has 0 bridgehead atoms. The van der Waals surface area contributed by atoms with Crippen LogP contribution in [0.3, 0.4) is 0 Å². The number of allylic oxidation sites excluding steroid dienone is 1. The number of carbonyl (C=O) groups is 3. The first kappa shape index (κ1) is 22.4. The van der Waals surface area contributed by atoms with Crippen molar-refractivity contribution >= 4 is 23.6 Å². The molecule has 2 heterocycles. The summed E-state index contributed by atoms with van der Waals surface area (Å²) in [5, 5.41) is 11.8. The lowest BCUT2D eigenvalue weighted by molar-refractivity contribution is -0.131. The summed E-state index contributed by atoms with van der Waals surface area (Å²) in [6, 6.07) is 6.81. The van der Waals surface area contributed by atoms with Crippen LogP contribution in [0.2, 0.25) is 0 Å². The second-order valence-corrected chi connectivity index (χ2v) is 7.61. The minimum atomic E-state index is -1.37. The number of nitrogens with zero attached hydrogens (tertiary/aromatic N) is 2. The maximum Gasteiger partial charge on any atom is 0.335 e. The minimum absolute atomic E-state index is 0.0128. The van der Waals surface area contributed by atoms with Crippen LogP contribution in [0.25, 0.3) is 0 Å². The van der Waals surface area contributed by atoms with Crippen molar-refractivity contribution in [2.45, 2.75) is 13.0 Å². The highest BCUT2D eigenvalue weighted by atomic mass is 19.1. The van der Waals surface area contributed by atoms with E-state index in [1.807, 2.05) is 0 Å². The number of hydrogen-bond donors (Lipinski definition) is 2. The highest BCUT2D eigenvalue weighted by Gasteiger charge is 2.40. The number of benzene rings is 2. The lowest BCUT2D eigenvalue weighted by Gasteiger charge is -2.38. The number of rotatable bonds is 4. The van der Waals surface area contributed by atoms with Crippen LogP contribution in [0.15, 0.2) is 53.7 Å². The molecule has 1 atom stereocenters. The van der Waals surface area contributed by atoms with Crippen molar-refractivity contribution in [1.29, 1.82) is 0 Å². The highest BCUT2D eigenvalue weighted by molar-refractivity contribution is 6.05. The van der Waals surface area contributed by atoms with E-state index in [1.165, 1.54) is 42.2 Å². The molecule has 2 aromatic carbocycles. The second kappa shape index (κ2) is 8.99. The van der Waals surface area contributed by atoms with Crippen molar-refractivity contribution < 1.29 is 33.0 Å². The van der Waals surface area contributed by atoms with Gasteiger partial charge in [0.25, 0.3) is 5.91 Å². The Morgan fingerprint density at radius 1 is 1.09 bits per heavy atom. The van der Waals surface area contributed by atoms with E-state index in [0.29, 0.717) is 13.2 Å². The second-order valence-electron chi connectivity index (χ2n) is 7.61. The predicted molar refractivity (Wildman–Crippen MR) is 114 cm³/mol. The molecule has 1 saturated heterocycles. The van der Waals surface area contributed by atoms with Crippen molar-refractivity contribution in [2.75, 3.05) is 31.2 Å². The summed E-state index contributed by atoms with van der Waals surface area (Å²) in [7, 11) is 0. The first-order chi connectivity index (χ1) is 15.8. The topological polar surface area (TPSA) is 99.2 Å². The number of carboxylic acid groups (broad SMARTS) is 1. The van der Waals surface area contributed by atoms with Crippen molar-refractivity contribution in [1.82, 2.24) is 10.2 Å². The number of aromatic carboxylic acids is 1. The van der Waals surface area contributed by atoms with Gasteiger partial charge < -0.3 is 20.1 Å². The van der Waals surface area contributed by atoms with Gasteiger partial charge in [-0.3, -0.25) is 9.69 Å². The molecule has 1 fully saturated rings. The van der Waals surface area contributed by atoms with Gasteiger partial charge in [-0.05, 0) is 37.3 Å². The number of halogens is 2. The van der Waals surface area contributed by atoms with Crippen molar-refractivity contribution in [3.8, 4) is 0 Å². The van der Waals surface area contributed by atoms with Gasteiger partial charge in [-0.2, -0.15) is 0 Å². The fraction of sp³-hybridized carbons (Fsp3) is 0.261. The molecule has 3 amide bonds. The number of ether oxygens (including phenoxy) is 1. The summed E-state index contributed by atoms with van der Waals surface area (Å²) < 4.78 is 34.7. The van der Waals surface area contributed by atoms with Crippen LogP contribution in [-0.2, 0) is 9.53 Å². The molecule has 0 unspecified atom stereocenters. The molecule has 172 valence electrons. The molecule has 0 saturated carbocycles. The normalized spacial score (nSPS) is 18.9. The molecule has 0 aromatic heterocycles. The maximum atomic E-state index is 14.7. The van der Waals surface area contributed by atoms with E-state index in [2.05, 4.69) is 5.32 Å². The average Bonchev–Trinajstić information content (AvgIpc) is 2.79. The third-order valence-electron chi connectivity index (χ3n) is 5.65. The Kier molecular flexibility index (Phi) is 6.10. The Morgan fingerprint density at radius 3 is 2.36 bits per heavy atom. The predicted octanol–water partition coefficient (Wildman–Crippen LogP) is 3.07. The third-order valence-corrected chi connectivity index (χ3v) is 5.65. The van der Waals surface area contributed by atoms with Gasteiger partial charge in [-0.25, -0.2) is 18.4 Å². The van der Waals surface area contributed by atoms with E-state index in [4.69, 9.17) is 4.74 Å². The van der Waals surface area contributed by atoms with E-state index < -0.39 is 41.1 Å². The van der Waals surface area contributed by atoms with Gasteiger partial charge in [0, 0.05) is 18.8 Å². The van der Waals surface area contributed by atoms with E-state index >= 15 is 0 Å². The zero-order valence-corrected chi connectivity index (χ0v) is 17.7. The molecule has 2 aromatic rings. The quantitative estimate of drug-likeness (QED) is 0.735. The van der Waals surface area contributed by atoms with Crippen LogP contribution >= 0.6 is 0 Å². The van der Waals surface area contributed by atoms with Gasteiger partial charge in [-0.1, -0.05) is 12.1 Å². The van der Waals surface area contributed by atoms with E-state index in [0.717, 1.165) is 17.0 Å². The number of carboxylic acids is 1. The zero-order valence-electron chi connectivity index (χ0n) is 17.7. The van der Waals surface area contributed by atoms with Gasteiger partial charge in [-0.15, -0.1) is 0 Å². The summed E-state index contributed by atoms with van der Waals surface area (Å²) in [6.45, 7) is 2.68. The van der Waals surface area contributed by atoms with Crippen molar-refractivity contribution in [3.05, 3.63) is 76.5 Å². The van der Waals surface area contributed by atoms with Gasteiger partial charge in [0.2, 0.25) is 0 Å². The fourth-order valence-corrected chi connectivity index (χ4v) is 4.05. The first-order valence-corrected chi connectivity index (χ1v) is 10.2. The number of amides is 3. The van der Waals surface area contributed by atoms with Gasteiger partial charge >= 0.3 is 12.0 Å². The Bertz CT molecular complexity index is 1140. The molecule has 2 aliphatic rings. The third kappa shape index (κ3) is 4.17. The van der Waals surface area contributed by atoms with Gasteiger partial charge in [0.1, 0.15) is 11.6 Å². The van der Waals surface area contributed by atoms with Crippen LogP contribution in [0.4, 0.5) is 19.3 Å². The lowest BCUT2D eigenvalue weighted by Crippen LogP contribution is -2.51. The lowest BCUT2D eigenvalue weighted by atomic mass is 9.92. The van der Waals surface area contributed by atoms with Gasteiger partial charge in [0.15, 0.2) is 0 Å². The van der Waals surface area contributed by atoms with E-state index in [9.17, 15) is 28.3 Å². The van der Waals surface area contributed by atoms with Gasteiger partial charge in [0.05, 0.1) is 41.6 Å². The average molecular weight is 457 g/mol. The number of morpholine rings is 1. The summed E-state index contributed by atoms with van der Waals surface area (Å²) in [6.07, 6.45) is 0. The summed E-state index contributed by atoms with van der Waals surface area (Å²) in [4.78, 5) is 40.6. The smallest absolute Gasteiger partial charge is 0.335 e. The van der Waals surface area contributed by atoms with Crippen LogP contribution < -0.4 is 10.2 Å².